The van der Waals surface area contributed by atoms with E-state index in [9.17, 15) is 28.0 Å². The third-order valence-electron chi connectivity index (χ3n) is 6.72. The molecule has 6 atom stereocenters. The molecule has 4 fully saturated rings. The van der Waals surface area contributed by atoms with Gasteiger partial charge in [0.15, 0.2) is 11.6 Å². The minimum atomic E-state index is -2.90. The fraction of sp³-hybridized carbons (Fsp3) is 0.778. The van der Waals surface area contributed by atoms with Gasteiger partial charge in [-0.15, -0.1) is 23.2 Å². The summed E-state index contributed by atoms with van der Waals surface area (Å²) in [6.45, 7) is 2.68. The fourth-order valence-corrected chi connectivity index (χ4v) is 5.98. The van der Waals surface area contributed by atoms with Gasteiger partial charge in [-0.1, -0.05) is 0 Å². The molecule has 154 valence electrons. The number of likely N-dealkylation sites (tertiary alicyclic amines) is 2. The fourth-order valence-electron chi connectivity index (χ4n) is 5.15. The quantitative estimate of drug-likeness (QED) is 0.614. The van der Waals surface area contributed by atoms with Crippen molar-refractivity contribution in [2.45, 2.75) is 49.0 Å². The third-order valence-corrected chi connectivity index (χ3v) is 7.79. The zero-order chi connectivity index (χ0) is 20.8. The number of nitrogens with zero attached hydrogens (tertiary/aromatic N) is 2. The number of amides is 2. The van der Waals surface area contributed by atoms with E-state index in [0.29, 0.717) is 6.54 Å². The van der Waals surface area contributed by atoms with Gasteiger partial charge < -0.3 is 9.80 Å². The normalized spacial score (nSPS) is 38.6. The molecule has 10 heteroatoms. The Kier molecular flexibility index (Phi) is 4.37. The molecule has 2 heterocycles. The standard InChI is InChI=1S/C18H20Cl2F2N2O4/c1-7(25)15-14-10(18(14,21)22)6-24(15)12(28)4-3-11(27)16-13-9(17(13,19)20)5-23(16)8(2)26/h9-10,13-16H,3-6H2,1-2H3/t9?,10?,13-,14-,15+,16+/m0/s1. The first kappa shape index (κ1) is 20.0. The van der Waals surface area contributed by atoms with Crippen LogP contribution in [0.4, 0.5) is 8.78 Å². The van der Waals surface area contributed by atoms with Crippen LogP contribution < -0.4 is 0 Å². The lowest BCUT2D eigenvalue weighted by Crippen LogP contribution is -2.46. The van der Waals surface area contributed by atoms with Crippen molar-refractivity contribution in [3.05, 3.63) is 0 Å². The summed E-state index contributed by atoms with van der Waals surface area (Å²) in [6, 6.07) is -1.90. The molecule has 2 amide bonds. The molecule has 0 radical (unpaired) electrons. The molecule has 0 spiro atoms. The van der Waals surface area contributed by atoms with Crippen LogP contribution in [0.2, 0.25) is 0 Å². The van der Waals surface area contributed by atoms with E-state index in [1.165, 1.54) is 23.6 Å². The lowest BCUT2D eigenvalue weighted by Gasteiger charge is -2.29. The zero-order valence-electron chi connectivity index (χ0n) is 15.3. The van der Waals surface area contributed by atoms with E-state index < -0.39 is 45.9 Å². The predicted molar refractivity (Wildman–Crippen MR) is 94.9 cm³/mol. The molecular formula is C18H20Cl2F2N2O4. The molecule has 2 saturated heterocycles. The molecule has 28 heavy (non-hydrogen) atoms. The van der Waals surface area contributed by atoms with Crippen LogP contribution in [0.1, 0.15) is 26.7 Å². The Morgan fingerprint density at radius 3 is 2.11 bits per heavy atom. The molecule has 4 rings (SSSR count). The lowest BCUT2D eigenvalue weighted by molar-refractivity contribution is -0.142. The monoisotopic (exact) mass is 436 g/mol. The highest BCUT2D eigenvalue weighted by Gasteiger charge is 2.77. The maximum absolute atomic E-state index is 13.6. The van der Waals surface area contributed by atoms with Gasteiger partial charge in [-0.05, 0) is 6.92 Å². The molecule has 0 aromatic carbocycles. The van der Waals surface area contributed by atoms with E-state index in [4.69, 9.17) is 23.2 Å². The van der Waals surface area contributed by atoms with Crippen molar-refractivity contribution in [2.75, 3.05) is 13.1 Å². The number of hydrogen-bond acceptors (Lipinski definition) is 4. The van der Waals surface area contributed by atoms with E-state index in [0.717, 1.165) is 0 Å². The Morgan fingerprint density at radius 2 is 1.54 bits per heavy atom. The van der Waals surface area contributed by atoms with Crippen molar-refractivity contribution in [1.29, 1.82) is 0 Å². The number of rotatable bonds is 5. The lowest BCUT2D eigenvalue weighted by atomic mass is 10.0. The van der Waals surface area contributed by atoms with Crippen LogP contribution in [-0.4, -0.2) is 68.6 Å². The van der Waals surface area contributed by atoms with Gasteiger partial charge in [0.05, 0.1) is 23.9 Å². The van der Waals surface area contributed by atoms with E-state index >= 15 is 0 Å². The van der Waals surface area contributed by atoms with Crippen LogP contribution in [0.3, 0.4) is 0 Å². The van der Waals surface area contributed by atoms with E-state index in [-0.39, 0.29) is 42.9 Å². The van der Waals surface area contributed by atoms with Crippen molar-refractivity contribution < 1.29 is 28.0 Å². The summed E-state index contributed by atoms with van der Waals surface area (Å²) in [7, 11) is 0. The summed E-state index contributed by atoms with van der Waals surface area (Å²) in [5, 5.41) is 0. The van der Waals surface area contributed by atoms with Gasteiger partial charge in [-0.3, -0.25) is 19.2 Å². The van der Waals surface area contributed by atoms with E-state index in [1.54, 1.807) is 0 Å². The SMILES string of the molecule is CC(=O)[C@@H]1[C@@H]2C(CN1C(=O)CCC(=O)[C@@H]1[C@@H]3C(CN1C(C)=O)C3(Cl)Cl)C2(F)F. The Balaban J connectivity index is 1.39. The van der Waals surface area contributed by atoms with Crippen molar-refractivity contribution in [3.8, 4) is 0 Å². The number of piperidine rings is 2. The average Bonchev–Trinajstić information content (AvgIpc) is 3.14. The number of alkyl halides is 4. The number of hydrogen-bond donors (Lipinski definition) is 0. The minimum absolute atomic E-state index is 0.160. The first-order valence-electron chi connectivity index (χ1n) is 9.26. The van der Waals surface area contributed by atoms with Gasteiger partial charge in [0, 0.05) is 44.7 Å². The molecule has 2 aliphatic heterocycles. The second-order valence-electron chi connectivity index (χ2n) is 8.30. The summed E-state index contributed by atoms with van der Waals surface area (Å²) >= 11 is 12.4. The van der Waals surface area contributed by atoms with Crippen molar-refractivity contribution in [1.82, 2.24) is 9.80 Å². The highest BCUT2D eigenvalue weighted by Crippen LogP contribution is 2.65. The summed E-state index contributed by atoms with van der Waals surface area (Å²) in [5.74, 6) is -7.09. The van der Waals surface area contributed by atoms with Gasteiger partial charge in [0.2, 0.25) is 11.8 Å². The van der Waals surface area contributed by atoms with Crippen molar-refractivity contribution in [3.63, 3.8) is 0 Å². The number of fused-ring (bicyclic) bond motifs is 2. The zero-order valence-corrected chi connectivity index (χ0v) is 16.8. The van der Waals surface area contributed by atoms with E-state index in [2.05, 4.69) is 0 Å². The predicted octanol–water partition coefficient (Wildman–Crippen LogP) is 1.67. The van der Waals surface area contributed by atoms with Gasteiger partial charge in [0.25, 0.3) is 5.92 Å². The number of ketones is 2. The third kappa shape index (κ3) is 2.70. The van der Waals surface area contributed by atoms with Crippen LogP contribution >= 0.6 is 23.2 Å². The maximum Gasteiger partial charge on any atom is 0.258 e. The van der Waals surface area contributed by atoms with Gasteiger partial charge in [-0.2, -0.15) is 0 Å². The first-order chi connectivity index (χ1) is 12.9. The largest absolute Gasteiger partial charge is 0.332 e. The van der Waals surface area contributed by atoms with Crippen molar-refractivity contribution >= 4 is 46.6 Å². The number of carbonyl (C=O) groups is 4. The highest BCUT2D eigenvalue weighted by molar-refractivity contribution is 6.51. The van der Waals surface area contributed by atoms with Gasteiger partial charge in [-0.25, -0.2) is 8.78 Å². The molecule has 0 bridgehead atoms. The smallest absolute Gasteiger partial charge is 0.258 e. The Bertz CT molecular complexity index is 790. The molecule has 2 saturated carbocycles. The van der Waals surface area contributed by atoms with E-state index in [1.807, 2.05) is 0 Å². The Hall–Kier alpha value is -1.28. The summed E-state index contributed by atoms with van der Waals surface area (Å²) < 4.78 is 26.2. The molecular weight excluding hydrogens is 417 g/mol. The second kappa shape index (κ2) is 6.11. The van der Waals surface area contributed by atoms with Crippen LogP contribution in [0.25, 0.3) is 0 Å². The summed E-state index contributed by atoms with van der Waals surface area (Å²) in [5.41, 5.74) is 0. The van der Waals surface area contributed by atoms with Crippen LogP contribution in [0.15, 0.2) is 0 Å². The topological polar surface area (TPSA) is 74.8 Å². The maximum atomic E-state index is 13.6. The molecule has 2 unspecified atom stereocenters. The van der Waals surface area contributed by atoms with Crippen molar-refractivity contribution in [2.24, 2.45) is 23.7 Å². The summed E-state index contributed by atoms with van der Waals surface area (Å²) in [6.07, 6.45) is -0.363. The molecule has 4 aliphatic rings. The average molecular weight is 437 g/mol. The Labute approximate surface area is 170 Å². The van der Waals surface area contributed by atoms with Gasteiger partial charge >= 0.3 is 0 Å². The van der Waals surface area contributed by atoms with Crippen LogP contribution in [-0.2, 0) is 19.2 Å². The Morgan fingerprint density at radius 1 is 0.929 bits per heavy atom. The first-order valence-corrected chi connectivity index (χ1v) is 10.0. The molecule has 0 N–H and O–H groups in total. The number of Topliss-reactive ketones (excluding diaryl/α,β-unsaturated/α-hetero) is 2. The van der Waals surface area contributed by atoms with Crippen LogP contribution in [0.5, 0.6) is 0 Å². The van der Waals surface area contributed by atoms with Gasteiger partial charge in [0.1, 0.15) is 4.33 Å². The minimum Gasteiger partial charge on any atom is -0.332 e. The molecule has 0 aromatic heterocycles. The number of carbonyl (C=O) groups excluding carboxylic acids is 4. The molecule has 0 aromatic rings. The van der Waals surface area contributed by atoms with Crippen LogP contribution in [0, 0.1) is 23.7 Å². The molecule has 6 nitrogen and oxygen atoms in total. The highest BCUT2D eigenvalue weighted by atomic mass is 35.5. The second-order valence-corrected chi connectivity index (χ2v) is 9.74. The number of halogens is 4. The molecule has 2 aliphatic carbocycles. The summed E-state index contributed by atoms with van der Waals surface area (Å²) in [4.78, 5) is 51.5.